The predicted octanol–water partition coefficient (Wildman–Crippen LogP) is 7.45. The van der Waals surface area contributed by atoms with Crippen molar-refractivity contribution in [1.29, 1.82) is 0 Å². The highest BCUT2D eigenvalue weighted by atomic mass is 32.2. The topological polar surface area (TPSA) is 80.8 Å². The van der Waals surface area contributed by atoms with Crippen LogP contribution in [0, 0.1) is 17.0 Å². The Morgan fingerprint density at radius 2 is 1.47 bits per heavy atom. The lowest BCUT2D eigenvalue weighted by molar-refractivity contribution is -0.349. The zero-order chi connectivity index (χ0) is 35.1. The predicted molar refractivity (Wildman–Crippen MR) is 149 cm³/mol. The van der Waals surface area contributed by atoms with Crippen molar-refractivity contribution in [3.63, 3.8) is 0 Å². The molecule has 0 radical (unpaired) electrons. The largest absolute Gasteiger partial charge is 0.469 e. The van der Waals surface area contributed by atoms with Crippen LogP contribution < -0.4 is 0 Å². The molecule has 1 amide bonds. The Hall–Kier alpha value is -3.30. The average Bonchev–Trinajstić information content (AvgIpc) is 3.47. The van der Waals surface area contributed by atoms with E-state index in [-0.39, 0.29) is 31.5 Å². The Morgan fingerprint density at radius 3 is 2.00 bits per heavy atom. The van der Waals surface area contributed by atoms with Crippen LogP contribution in [0.4, 0.5) is 39.5 Å². The molecule has 16 heteroatoms. The molecule has 2 aromatic rings. The summed E-state index contributed by atoms with van der Waals surface area (Å²) in [5.41, 5.74) is -9.92. The van der Waals surface area contributed by atoms with Gasteiger partial charge in [0.15, 0.2) is 9.84 Å². The molecule has 2 aliphatic rings. The summed E-state index contributed by atoms with van der Waals surface area (Å²) in [6, 6.07) is 3.80. The van der Waals surface area contributed by atoms with Crippen molar-refractivity contribution in [3.05, 3.63) is 65.2 Å². The maximum absolute atomic E-state index is 15.2. The number of rotatable bonds is 9. The van der Waals surface area contributed by atoms with Gasteiger partial charge in [-0.15, -0.1) is 0 Å². The van der Waals surface area contributed by atoms with Crippen molar-refractivity contribution in [3.8, 4) is 0 Å². The van der Waals surface area contributed by atoms with Crippen molar-refractivity contribution in [2.75, 3.05) is 20.2 Å². The Labute approximate surface area is 265 Å². The van der Waals surface area contributed by atoms with E-state index in [9.17, 15) is 53.1 Å². The SMILES string of the molecule is COC(=O)C1(CCCC(=O)N2CC[C@](c3ccc(C(F)(C(F)(F)F)C(F)(F)F)c(F)c3)(S(=O)(=O)c3ccc(F)cc3)C2)CCCCC1. The Bertz CT molecular complexity index is 1570. The Balaban J connectivity index is 1.70. The molecule has 1 atom stereocenters. The van der Waals surface area contributed by atoms with Crippen molar-refractivity contribution >= 4 is 21.7 Å². The summed E-state index contributed by atoms with van der Waals surface area (Å²) in [4.78, 5) is 26.5. The minimum atomic E-state index is -6.62. The van der Waals surface area contributed by atoms with Crippen LogP contribution in [0.1, 0.15) is 68.9 Å². The van der Waals surface area contributed by atoms with Crippen LogP contribution in [-0.2, 0) is 34.6 Å². The van der Waals surface area contributed by atoms with Crippen LogP contribution in [0.25, 0.3) is 0 Å². The Morgan fingerprint density at radius 1 is 0.872 bits per heavy atom. The highest BCUT2D eigenvalue weighted by Crippen LogP contribution is 2.54. The third-order valence-corrected chi connectivity index (χ3v) is 11.8. The lowest BCUT2D eigenvalue weighted by atomic mass is 9.71. The highest BCUT2D eigenvalue weighted by Gasteiger charge is 2.74. The quantitative estimate of drug-likeness (QED) is 0.154. The fourth-order valence-electron chi connectivity index (χ4n) is 6.73. The number of sulfone groups is 1. The van der Waals surface area contributed by atoms with Gasteiger partial charge in [-0.05, 0) is 68.0 Å². The van der Waals surface area contributed by atoms with E-state index in [1.807, 2.05) is 0 Å². The smallest absolute Gasteiger partial charge is 0.436 e. The van der Waals surface area contributed by atoms with Crippen LogP contribution in [0.3, 0.4) is 0 Å². The minimum absolute atomic E-state index is 0.0966. The molecule has 4 rings (SSSR count). The second-order valence-corrected chi connectivity index (χ2v) is 14.3. The van der Waals surface area contributed by atoms with Gasteiger partial charge in [0.1, 0.15) is 16.4 Å². The molecule has 0 bridgehead atoms. The van der Waals surface area contributed by atoms with Gasteiger partial charge in [0.05, 0.1) is 17.4 Å². The molecule has 6 nitrogen and oxygen atoms in total. The van der Waals surface area contributed by atoms with Crippen LogP contribution in [0.5, 0.6) is 0 Å². The molecule has 1 aliphatic heterocycles. The van der Waals surface area contributed by atoms with E-state index >= 15 is 4.39 Å². The zero-order valence-corrected chi connectivity index (χ0v) is 25.9. The van der Waals surface area contributed by atoms with E-state index < -0.39 is 90.5 Å². The number of alkyl halides is 7. The molecular formula is C31H32F9NO5S. The molecule has 1 aliphatic carbocycles. The number of carbonyl (C=O) groups is 2. The molecular weight excluding hydrogens is 669 g/mol. The van der Waals surface area contributed by atoms with Crippen LogP contribution >= 0.6 is 0 Å². The van der Waals surface area contributed by atoms with Crippen LogP contribution in [0.2, 0.25) is 0 Å². The normalized spacial score (nSPS) is 20.7. The molecule has 2 fully saturated rings. The fourth-order valence-corrected chi connectivity index (χ4v) is 8.79. The molecule has 0 spiro atoms. The number of amides is 1. The number of esters is 1. The molecule has 2 aromatic carbocycles. The van der Waals surface area contributed by atoms with Crippen molar-refractivity contribution in [2.24, 2.45) is 5.41 Å². The molecule has 47 heavy (non-hydrogen) atoms. The monoisotopic (exact) mass is 701 g/mol. The molecule has 1 saturated heterocycles. The number of benzene rings is 2. The lowest BCUT2D eigenvalue weighted by Crippen LogP contribution is -2.51. The summed E-state index contributed by atoms with van der Waals surface area (Å²) in [6.07, 6.45) is -9.64. The molecule has 0 N–H and O–H groups in total. The summed E-state index contributed by atoms with van der Waals surface area (Å²) in [5, 5.41) is 0. The zero-order valence-electron chi connectivity index (χ0n) is 25.1. The molecule has 0 unspecified atom stereocenters. The molecule has 260 valence electrons. The summed E-state index contributed by atoms with van der Waals surface area (Å²) in [6.45, 7) is -0.950. The summed E-state index contributed by atoms with van der Waals surface area (Å²) < 4.78 is 155. The summed E-state index contributed by atoms with van der Waals surface area (Å²) in [7, 11) is -3.48. The molecule has 1 heterocycles. The van der Waals surface area contributed by atoms with Crippen molar-refractivity contribution in [1.82, 2.24) is 4.90 Å². The summed E-state index contributed by atoms with van der Waals surface area (Å²) in [5.74, 6) is -4.09. The number of likely N-dealkylation sites (tertiary alicyclic amines) is 1. The van der Waals surface area contributed by atoms with E-state index in [2.05, 4.69) is 0 Å². The first-order valence-corrected chi connectivity index (χ1v) is 16.2. The number of hydrogen-bond donors (Lipinski definition) is 0. The minimum Gasteiger partial charge on any atom is -0.469 e. The third-order valence-electron chi connectivity index (χ3n) is 9.35. The van der Waals surface area contributed by atoms with Gasteiger partial charge >= 0.3 is 24.0 Å². The van der Waals surface area contributed by atoms with E-state index in [1.54, 1.807) is 0 Å². The lowest BCUT2D eigenvalue weighted by Gasteiger charge is -2.34. The first kappa shape index (κ1) is 36.5. The second kappa shape index (κ2) is 13.0. The van der Waals surface area contributed by atoms with Gasteiger partial charge in [-0.25, -0.2) is 21.6 Å². The van der Waals surface area contributed by atoms with Gasteiger partial charge in [-0.2, -0.15) is 26.3 Å². The van der Waals surface area contributed by atoms with Crippen molar-refractivity contribution in [2.45, 2.75) is 85.5 Å². The fraction of sp³-hybridized carbons (Fsp3) is 0.548. The van der Waals surface area contributed by atoms with Crippen molar-refractivity contribution < 1.29 is 62.3 Å². The summed E-state index contributed by atoms with van der Waals surface area (Å²) >= 11 is 0. The number of nitrogens with zero attached hydrogens (tertiary/aromatic N) is 1. The Kier molecular flexibility index (Phi) is 10.1. The molecule has 0 aromatic heterocycles. The first-order valence-electron chi connectivity index (χ1n) is 14.7. The number of hydrogen-bond acceptors (Lipinski definition) is 5. The number of ether oxygens (including phenoxy) is 1. The van der Waals surface area contributed by atoms with Gasteiger partial charge in [0, 0.05) is 25.1 Å². The van der Waals surface area contributed by atoms with Gasteiger partial charge < -0.3 is 9.64 Å². The van der Waals surface area contributed by atoms with E-state index in [0.717, 1.165) is 48.4 Å². The standard InChI is InChI=1S/C31H32F9NO5S/c1-46-26(43)27(13-3-2-4-14-27)15-5-6-25(42)41-17-16-28(19-41,47(44,45)22-10-8-21(32)9-11-22)20-7-12-23(24(33)18-20)29(34,30(35,36)37)31(38,39)40/h7-12,18H,2-6,13-17,19H2,1H3/t28-/m0/s1. The maximum atomic E-state index is 15.2. The van der Waals surface area contributed by atoms with Crippen LogP contribution in [0.15, 0.2) is 47.4 Å². The van der Waals surface area contributed by atoms with E-state index in [1.165, 1.54) is 7.11 Å². The second-order valence-electron chi connectivity index (χ2n) is 12.1. The average molecular weight is 702 g/mol. The van der Waals surface area contributed by atoms with Gasteiger partial charge in [0.2, 0.25) is 5.91 Å². The van der Waals surface area contributed by atoms with E-state index in [0.29, 0.717) is 25.3 Å². The number of halogens is 9. The highest BCUT2D eigenvalue weighted by molar-refractivity contribution is 7.92. The van der Waals surface area contributed by atoms with Gasteiger partial charge in [0.25, 0.3) is 0 Å². The number of methoxy groups -OCH3 is 1. The molecule has 1 saturated carbocycles. The maximum Gasteiger partial charge on any atom is 0.436 e. The van der Waals surface area contributed by atoms with Crippen LogP contribution in [-0.4, -0.2) is 57.7 Å². The third kappa shape index (κ3) is 6.45. The van der Waals surface area contributed by atoms with Gasteiger partial charge in [-0.1, -0.05) is 31.4 Å². The van der Waals surface area contributed by atoms with Gasteiger partial charge in [-0.3, -0.25) is 9.59 Å². The number of carbonyl (C=O) groups excluding carboxylic acids is 2. The van der Waals surface area contributed by atoms with E-state index in [4.69, 9.17) is 4.74 Å². The first-order chi connectivity index (χ1) is 21.8.